The number of rotatable bonds is 7. The molecule has 0 radical (unpaired) electrons. The molecule has 0 aliphatic carbocycles. The molecule has 1 N–H and O–H groups in total. The Labute approximate surface area is 166 Å². The first-order chi connectivity index (χ1) is 13.4. The summed E-state index contributed by atoms with van der Waals surface area (Å²) in [6, 6.07) is 12.4. The van der Waals surface area contributed by atoms with Crippen molar-refractivity contribution in [2.24, 2.45) is 0 Å². The molecule has 0 saturated heterocycles. The molecule has 2 aromatic carbocycles. The van der Waals surface area contributed by atoms with Gasteiger partial charge in [-0.1, -0.05) is 18.1 Å². The molecule has 1 aliphatic heterocycles. The van der Waals surface area contributed by atoms with Crippen LogP contribution in [0.15, 0.2) is 42.5 Å². The summed E-state index contributed by atoms with van der Waals surface area (Å²) in [5, 5.41) is 3.33. The van der Waals surface area contributed by atoms with Gasteiger partial charge in [0.05, 0.1) is 0 Å². The lowest BCUT2D eigenvalue weighted by molar-refractivity contribution is -0.154. The van der Waals surface area contributed by atoms with Gasteiger partial charge in [0, 0.05) is 24.4 Å². The summed E-state index contributed by atoms with van der Waals surface area (Å²) in [6.45, 7) is 7.13. The highest BCUT2D eigenvalue weighted by molar-refractivity contribution is 5.53. The van der Waals surface area contributed by atoms with Crippen LogP contribution in [0.3, 0.4) is 0 Å². The number of nitrogens with one attached hydrogen (secondary N) is 1. The lowest BCUT2D eigenvalue weighted by Gasteiger charge is -2.44. The van der Waals surface area contributed by atoms with Gasteiger partial charge in [0.1, 0.15) is 36.0 Å². The molecule has 0 fully saturated rings. The van der Waals surface area contributed by atoms with Crippen LogP contribution < -0.4 is 10.1 Å². The van der Waals surface area contributed by atoms with E-state index in [1.807, 2.05) is 45.0 Å². The Kier molecular flexibility index (Phi) is 6.23. The molecule has 2 atom stereocenters. The van der Waals surface area contributed by atoms with Crippen LogP contribution in [0.25, 0.3) is 0 Å². The van der Waals surface area contributed by atoms with Crippen LogP contribution >= 0.6 is 0 Å². The van der Waals surface area contributed by atoms with E-state index < -0.39 is 5.60 Å². The van der Waals surface area contributed by atoms with Crippen LogP contribution in [0.2, 0.25) is 0 Å². The van der Waals surface area contributed by atoms with E-state index in [2.05, 4.69) is 11.2 Å². The summed E-state index contributed by atoms with van der Waals surface area (Å²) in [5.74, 6) is 3.04. The fourth-order valence-corrected chi connectivity index (χ4v) is 3.48. The fourth-order valence-electron chi connectivity index (χ4n) is 3.48. The molecule has 0 spiro atoms. The summed E-state index contributed by atoms with van der Waals surface area (Å²) in [7, 11) is 0. The Morgan fingerprint density at radius 3 is 2.75 bits per heavy atom. The normalized spacial score (nSPS) is 20.0. The van der Waals surface area contributed by atoms with Gasteiger partial charge in [-0.05, 0) is 56.7 Å². The van der Waals surface area contributed by atoms with E-state index in [1.165, 1.54) is 12.1 Å². The number of hydrogen-bond acceptors (Lipinski definition) is 4. The third-order valence-electron chi connectivity index (χ3n) is 4.73. The van der Waals surface area contributed by atoms with Crippen molar-refractivity contribution in [2.45, 2.75) is 45.1 Å². The van der Waals surface area contributed by atoms with Crippen molar-refractivity contribution in [3.8, 4) is 18.1 Å². The third-order valence-corrected chi connectivity index (χ3v) is 4.73. The zero-order valence-corrected chi connectivity index (χ0v) is 16.5. The molecular formula is C23H26FNO3. The largest absolute Gasteiger partial charge is 0.485 e. The second-order valence-corrected chi connectivity index (χ2v) is 7.25. The monoisotopic (exact) mass is 383 g/mol. The molecular weight excluding hydrogens is 357 g/mol. The van der Waals surface area contributed by atoms with Gasteiger partial charge in [-0.15, -0.1) is 6.42 Å². The number of terminal acetylenes is 1. The van der Waals surface area contributed by atoms with Gasteiger partial charge in [-0.2, -0.15) is 0 Å². The lowest BCUT2D eigenvalue weighted by atomic mass is 9.88. The van der Waals surface area contributed by atoms with Gasteiger partial charge in [0.2, 0.25) is 0 Å². The van der Waals surface area contributed by atoms with Crippen molar-refractivity contribution >= 4 is 5.69 Å². The maximum absolute atomic E-state index is 13.4. The van der Waals surface area contributed by atoms with Crippen molar-refractivity contribution in [1.82, 2.24) is 0 Å². The average molecular weight is 383 g/mol. The van der Waals surface area contributed by atoms with E-state index in [-0.39, 0.29) is 24.6 Å². The first-order valence-electron chi connectivity index (χ1n) is 9.42. The Morgan fingerprint density at radius 1 is 1.21 bits per heavy atom. The number of ether oxygens (including phenoxy) is 3. The topological polar surface area (TPSA) is 39.7 Å². The smallest absolute Gasteiger partial charge is 0.132 e. The van der Waals surface area contributed by atoms with Gasteiger partial charge in [0.25, 0.3) is 0 Å². The highest BCUT2D eigenvalue weighted by atomic mass is 19.1. The zero-order valence-electron chi connectivity index (χ0n) is 16.5. The Hall–Kier alpha value is -2.55. The molecule has 1 heterocycles. The molecule has 0 amide bonds. The van der Waals surface area contributed by atoms with Gasteiger partial charge < -0.3 is 19.5 Å². The molecule has 148 valence electrons. The minimum Gasteiger partial charge on any atom is -0.485 e. The fraction of sp³-hybridized carbons (Fsp3) is 0.391. The van der Waals surface area contributed by atoms with Crippen LogP contribution in [0.5, 0.6) is 5.75 Å². The standard InChI is InChI=1S/C23H26FNO3/c1-5-12-27-22-21(26-6-2)19-14-18(10-11-20(19)28-23(22,3)4)25-15-16-8-7-9-17(24)13-16/h1,7-11,13-14,21-22,25H,6,12,15H2,2-4H3. The maximum atomic E-state index is 13.4. The lowest BCUT2D eigenvalue weighted by Crippen LogP contribution is -2.51. The van der Waals surface area contributed by atoms with E-state index in [0.717, 1.165) is 22.6 Å². The Balaban J connectivity index is 1.85. The van der Waals surface area contributed by atoms with Crippen LogP contribution in [-0.4, -0.2) is 24.9 Å². The van der Waals surface area contributed by atoms with Gasteiger partial charge in [-0.3, -0.25) is 0 Å². The van der Waals surface area contributed by atoms with E-state index >= 15 is 0 Å². The number of anilines is 1. The van der Waals surface area contributed by atoms with Crippen LogP contribution in [0, 0.1) is 18.2 Å². The van der Waals surface area contributed by atoms with Crippen molar-refractivity contribution in [3.05, 3.63) is 59.4 Å². The summed E-state index contributed by atoms with van der Waals surface area (Å²) in [6.07, 6.45) is 4.75. The minimum atomic E-state index is -0.583. The summed E-state index contributed by atoms with van der Waals surface area (Å²) >= 11 is 0. The molecule has 28 heavy (non-hydrogen) atoms. The summed E-state index contributed by atoms with van der Waals surface area (Å²) in [4.78, 5) is 0. The highest BCUT2D eigenvalue weighted by Gasteiger charge is 2.45. The van der Waals surface area contributed by atoms with E-state index in [4.69, 9.17) is 20.6 Å². The Morgan fingerprint density at radius 2 is 2.04 bits per heavy atom. The Bertz CT molecular complexity index is 859. The van der Waals surface area contributed by atoms with Crippen molar-refractivity contribution in [2.75, 3.05) is 18.5 Å². The SMILES string of the molecule is C#CCOC1C(OCC)c2cc(NCc3cccc(F)c3)ccc2OC1(C)C. The molecule has 4 nitrogen and oxygen atoms in total. The van der Waals surface area contributed by atoms with Crippen LogP contribution in [0.1, 0.15) is 38.0 Å². The minimum absolute atomic E-state index is 0.188. The van der Waals surface area contributed by atoms with Crippen molar-refractivity contribution < 1.29 is 18.6 Å². The predicted octanol–water partition coefficient (Wildman–Crippen LogP) is 4.70. The molecule has 0 bridgehead atoms. The highest BCUT2D eigenvalue weighted by Crippen LogP contribution is 2.44. The van der Waals surface area contributed by atoms with E-state index in [9.17, 15) is 4.39 Å². The number of halogens is 1. The van der Waals surface area contributed by atoms with Gasteiger partial charge >= 0.3 is 0 Å². The zero-order chi connectivity index (χ0) is 20.1. The maximum Gasteiger partial charge on any atom is 0.132 e. The summed E-state index contributed by atoms with van der Waals surface area (Å²) in [5.41, 5.74) is 2.09. The third kappa shape index (κ3) is 4.46. The second-order valence-electron chi connectivity index (χ2n) is 7.25. The first-order valence-corrected chi connectivity index (χ1v) is 9.42. The number of benzene rings is 2. The van der Waals surface area contributed by atoms with Crippen molar-refractivity contribution in [3.63, 3.8) is 0 Å². The van der Waals surface area contributed by atoms with E-state index in [1.54, 1.807) is 6.07 Å². The summed E-state index contributed by atoms with van der Waals surface area (Å²) < 4.78 is 31.5. The molecule has 0 aromatic heterocycles. The quantitative estimate of drug-likeness (QED) is 0.703. The number of fused-ring (bicyclic) bond motifs is 1. The van der Waals surface area contributed by atoms with E-state index in [0.29, 0.717) is 13.2 Å². The van der Waals surface area contributed by atoms with Gasteiger partial charge in [0.15, 0.2) is 0 Å². The first kappa shape index (κ1) is 20.2. The molecule has 2 unspecified atom stereocenters. The van der Waals surface area contributed by atoms with Crippen LogP contribution in [0.4, 0.5) is 10.1 Å². The number of hydrogen-bond donors (Lipinski definition) is 1. The average Bonchev–Trinajstić information content (AvgIpc) is 2.66. The molecule has 3 rings (SSSR count). The predicted molar refractivity (Wildman–Crippen MR) is 108 cm³/mol. The van der Waals surface area contributed by atoms with Gasteiger partial charge in [-0.25, -0.2) is 4.39 Å². The molecule has 5 heteroatoms. The molecule has 1 aliphatic rings. The van der Waals surface area contributed by atoms with Crippen molar-refractivity contribution in [1.29, 1.82) is 0 Å². The van der Waals surface area contributed by atoms with Crippen LogP contribution in [-0.2, 0) is 16.0 Å². The molecule has 0 saturated carbocycles. The second kappa shape index (κ2) is 8.64. The molecule has 2 aromatic rings.